The van der Waals surface area contributed by atoms with Crippen LogP contribution >= 0.6 is 0 Å². The van der Waals surface area contributed by atoms with Gasteiger partial charge in [0.2, 0.25) is 5.91 Å². The van der Waals surface area contributed by atoms with Crippen molar-refractivity contribution in [2.24, 2.45) is 0 Å². The summed E-state index contributed by atoms with van der Waals surface area (Å²) in [6, 6.07) is 11.7. The summed E-state index contributed by atoms with van der Waals surface area (Å²) in [7, 11) is 0. The van der Waals surface area contributed by atoms with E-state index in [1.54, 1.807) is 0 Å². The minimum atomic E-state index is -0.545. The van der Waals surface area contributed by atoms with Gasteiger partial charge < -0.3 is 4.90 Å². The minimum Gasteiger partial charge on any atom is -0.338 e. The van der Waals surface area contributed by atoms with Crippen LogP contribution in [-0.4, -0.2) is 32.9 Å². The van der Waals surface area contributed by atoms with Crippen molar-refractivity contribution in [1.29, 1.82) is 0 Å². The van der Waals surface area contributed by atoms with Gasteiger partial charge in [0.15, 0.2) is 0 Å². The first kappa shape index (κ1) is 16.2. The van der Waals surface area contributed by atoms with Crippen molar-refractivity contribution in [3.05, 3.63) is 69.0 Å². The molecule has 0 unspecified atom stereocenters. The van der Waals surface area contributed by atoms with E-state index in [1.165, 1.54) is 22.4 Å². The number of aromatic nitrogens is 2. The standard InChI is InChI=1S/C18H21N3O3/c22-16-10-12-20(18(24)19-16)13-17(23)21-11-4-7-15(21)9-8-14-5-2-1-3-6-14/h1-3,5-6,10,12,15H,4,7-9,11,13H2,(H,19,22,24)/t15-/m0/s1. The SMILES string of the molecule is O=C(Cn1ccc(=O)[nH]c1=O)N1CCC[C@H]1CCc1ccccc1. The van der Waals surface area contributed by atoms with Crippen LogP contribution in [0.25, 0.3) is 0 Å². The summed E-state index contributed by atoms with van der Waals surface area (Å²) in [5.74, 6) is -0.0697. The molecule has 3 rings (SSSR count). The number of aromatic amines is 1. The molecule has 6 nitrogen and oxygen atoms in total. The Morgan fingerprint density at radius 2 is 1.96 bits per heavy atom. The third kappa shape index (κ3) is 3.82. The monoisotopic (exact) mass is 327 g/mol. The first-order chi connectivity index (χ1) is 11.6. The molecule has 0 aliphatic carbocycles. The maximum Gasteiger partial charge on any atom is 0.328 e. The molecule has 1 N–H and O–H groups in total. The number of likely N-dealkylation sites (tertiary alicyclic amines) is 1. The Morgan fingerprint density at radius 3 is 2.71 bits per heavy atom. The molecule has 0 spiro atoms. The molecule has 24 heavy (non-hydrogen) atoms. The van der Waals surface area contributed by atoms with Gasteiger partial charge in [-0.25, -0.2) is 4.79 Å². The van der Waals surface area contributed by atoms with Crippen molar-refractivity contribution in [1.82, 2.24) is 14.5 Å². The maximum atomic E-state index is 12.5. The third-order valence-corrected chi connectivity index (χ3v) is 4.51. The van der Waals surface area contributed by atoms with Crippen LogP contribution in [0.5, 0.6) is 0 Å². The number of aryl methyl sites for hydroxylation is 1. The summed E-state index contributed by atoms with van der Waals surface area (Å²) in [5, 5.41) is 0. The van der Waals surface area contributed by atoms with Gasteiger partial charge >= 0.3 is 5.69 Å². The van der Waals surface area contributed by atoms with Crippen LogP contribution < -0.4 is 11.2 Å². The smallest absolute Gasteiger partial charge is 0.328 e. The molecular weight excluding hydrogens is 306 g/mol. The quantitative estimate of drug-likeness (QED) is 0.895. The molecule has 1 saturated heterocycles. The molecule has 1 aliphatic rings. The average Bonchev–Trinajstić information content (AvgIpc) is 3.05. The molecule has 0 radical (unpaired) electrons. The van der Waals surface area contributed by atoms with E-state index in [-0.39, 0.29) is 18.5 Å². The lowest BCUT2D eigenvalue weighted by Crippen LogP contribution is -2.40. The van der Waals surface area contributed by atoms with Gasteiger partial charge in [0.05, 0.1) is 0 Å². The number of nitrogens with zero attached hydrogens (tertiary/aromatic N) is 2. The number of carbonyl (C=O) groups excluding carboxylic acids is 1. The average molecular weight is 327 g/mol. The van der Waals surface area contributed by atoms with E-state index in [9.17, 15) is 14.4 Å². The second-order valence-electron chi connectivity index (χ2n) is 6.15. The molecule has 0 saturated carbocycles. The predicted octanol–water partition coefficient (Wildman–Crippen LogP) is 1.16. The van der Waals surface area contributed by atoms with Gasteiger partial charge in [-0.05, 0) is 31.2 Å². The summed E-state index contributed by atoms with van der Waals surface area (Å²) in [5.41, 5.74) is 0.273. The van der Waals surface area contributed by atoms with Crippen molar-refractivity contribution >= 4 is 5.91 Å². The van der Waals surface area contributed by atoms with E-state index >= 15 is 0 Å². The first-order valence-corrected chi connectivity index (χ1v) is 8.26. The van der Waals surface area contributed by atoms with Crippen molar-refractivity contribution in [2.45, 2.75) is 38.3 Å². The molecule has 1 fully saturated rings. The number of rotatable bonds is 5. The highest BCUT2D eigenvalue weighted by molar-refractivity contribution is 5.76. The van der Waals surface area contributed by atoms with E-state index in [0.29, 0.717) is 0 Å². The Hall–Kier alpha value is -2.63. The van der Waals surface area contributed by atoms with Crippen LogP contribution in [0.15, 0.2) is 52.2 Å². The Balaban J connectivity index is 1.63. The van der Waals surface area contributed by atoms with Gasteiger partial charge in [-0.2, -0.15) is 0 Å². The van der Waals surface area contributed by atoms with Crippen molar-refractivity contribution in [2.75, 3.05) is 6.54 Å². The lowest BCUT2D eigenvalue weighted by molar-refractivity contribution is -0.132. The number of nitrogens with one attached hydrogen (secondary N) is 1. The lowest BCUT2D eigenvalue weighted by Gasteiger charge is -2.25. The number of hydrogen-bond acceptors (Lipinski definition) is 3. The highest BCUT2D eigenvalue weighted by Gasteiger charge is 2.28. The fourth-order valence-electron chi connectivity index (χ4n) is 3.25. The second-order valence-corrected chi connectivity index (χ2v) is 6.15. The Kier molecular flexibility index (Phi) is 4.93. The summed E-state index contributed by atoms with van der Waals surface area (Å²) in [6.45, 7) is 0.702. The normalized spacial score (nSPS) is 17.2. The number of benzene rings is 1. The van der Waals surface area contributed by atoms with E-state index in [0.717, 1.165) is 32.2 Å². The molecule has 1 aromatic heterocycles. The fraction of sp³-hybridized carbons (Fsp3) is 0.389. The second kappa shape index (κ2) is 7.29. The number of H-pyrrole nitrogens is 1. The molecule has 1 aliphatic heterocycles. The number of carbonyl (C=O) groups is 1. The van der Waals surface area contributed by atoms with Gasteiger partial charge in [0, 0.05) is 24.8 Å². The van der Waals surface area contributed by atoms with Crippen LogP contribution in [0.4, 0.5) is 0 Å². The molecule has 1 aromatic carbocycles. The van der Waals surface area contributed by atoms with E-state index in [1.807, 2.05) is 23.1 Å². The molecule has 1 atom stereocenters. The van der Waals surface area contributed by atoms with Crippen LogP contribution in [0, 0.1) is 0 Å². The Morgan fingerprint density at radius 1 is 1.17 bits per heavy atom. The molecule has 2 aromatic rings. The Labute approximate surface area is 139 Å². The van der Waals surface area contributed by atoms with Crippen molar-refractivity contribution < 1.29 is 4.79 Å². The van der Waals surface area contributed by atoms with Gasteiger partial charge in [-0.15, -0.1) is 0 Å². The van der Waals surface area contributed by atoms with Gasteiger partial charge in [-0.1, -0.05) is 30.3 Å². The minimum absolute atomic E-state index is 0.0303. The van der Waals surface area contributed by atoms with Crippen molar-refractivity contribution in [3.8, 4) is 0 Å². The zero-order valence-electron chi connectivity index (χ0n) is 13.5. The zero-order chi connectivity index (χ0) is 16.9. The largest absolute Gasteiger partial charge is 0.338 e. The highest BCUT2D eigenvalue weighted by atomic mass is 16.2. The summed E-state index contributed by atoms with van der Waals surface area (Å²) < 4.78 is 1.25. The zero-order valence-corrected chi connectivity index (χ0v) is 13.5. The predicted molar refractivity (Wildman–Crippen MR) is 90.8 cm³/mol. The van der Waals surface area contributed by atoms with Gasteiger partial charge in [0.1, 0.15) is 6.54 Å². The molecule has 0 bridgehead atoms. The summed E-state index contributed by atoms with van der Waals surface area (Å²) in [4.78, 5) is 39.4. The van der Waals surface area contributed by atoms with Crippen LogP contribution in [0.1, 0.15) is 24.8 Å². The van der Waals surface area contributed by atoms with Gasteiger partial charge in [-0.3, -0.25) is 19.1 Å². The van der Waals surface area contributed by atoms with E-state index in [2.05, 4.69) is 17.1 Å². The van der Waals surface area contributed by atoms with E-state index < -0.39 is 11.2 Å². The number of amides is 1. The Bertz CT molecular complexity index is 810. The summed E-state index contributed by atoms with van der Waals surface area (Å²) >= 11 is 0. The molecule has 1 amide bonds. The molecule has 126 valence electrons. The van der Waals surface area contributed by atoms with E-state index in [4.69, 9.17) is 0 Å². The first-order valence-electron chi connectivity index (χ1n) is 8.26. The van der Waals surface area contributed by atoms with Crippen LogP contribution in [-0.2, 0) is 17.8 Å². The van der Waals surface area contributed by atoms with Gasteiger partial charge in [0.25, 0.3) is 5.56 Å². The van der Waals surface area contributed by atoms with Crippen LogP contribution in [0.2, 0.25) is 0 Å². The molecule has 6 heteroatoms. The number of hydrogen-bond donors (Lipinski definition) is 1. The third-order valence-electron chi connectivity index (χ3n) is 4.51. The van der Waals surface area contributed by atoms with Crippen LogP contribution in [0.3, 0.4) is 0 Å². The fourth-order valence-corrected chi connectivity index (χ4v) is 3.25. The molecular formula is C18H21N3O3. The highest BCUT2D eigenvalue weighted by Crippen LogP contribution is 2.22. The maximum absolute atomic E-state index is 12.5. The topological polar surface area (TPSA) is 75.2 Å². The molecule has 2 heterocycles. The summed E-state index contributed by atoms with van der Waals surface area (Å²) in [6.07, 6.45) is 5.23. The lowest BCUT2D eigenvalue weighted by atomic mass is 10.0. The van der Waals surface area contributed by atoms with Crippen molar-refractivity contribution in [3.63, 3.8) is 0 Å².